The van der Waals surface area contributed by atoms with E-state index in [0.717, 1.165) is 30.3 Å². The second-order valence-electron chi connectivity index (χ2n) is 4.17. The number of carbonyl (C=O) groups excluding carboxylic acids is 1. The Morgan fingerprint density at radius 3 is 2.24 bits per heavy atom. The number of nitrogens with one attached hydrogen (secondary N) is 1. The Morgan fingerprint density at radius 2 is 1.62 bits per heavy atom. The zero-order valence-corrected chi connectivity index (χ0v) is 12.0. The molecule has 0 fully saturated rings. The lowest BCUT2D eigenvalue weighted by molar-refractivity contribution is -0.115. The number of halogens is 5. The molecule has 0 bridgehead atoms. The molecule has 110 valence electrons. The van der Waals surface area contributed by atoms with Gasteiger partial charge in [-0.05, 0) is 34.1 Å². The first-order valence-electron chi connectivity index (χ1n) is 5.75. The van der Waals surface area contributed by atoms with E-state index < -0.39 is 46.8 Å². The van der Waals surface area contributed by atoms with E-state index in [0.29, 0.717) is 0 Å². The van der Waals surface area contributed by atoms with Crippen LogP contribution in [0, 0.1) is 23.3 Å². The van der Waals surface area contributed by atoms with Crippen LogP contribution in [-0.2, 0) is 11.2 Å². The van der Waals surface area contributed by atoms with Crippen LogP contribution >= 0.6 is 15.9 Å². The first-order chi connectivity index (χ1) is 9.88. The largest absolute Gasteiger partial charge is 0.323 e. The van der Waals surface area contributed by atoms with E-state index in [9.17, 15) is 22.4 Å². The highest BCUT2D eigenvalue weighted by molar-refractivity contribution is 9.10. The molecule has 2 nitrogen and oxygen atoms in total. The van der Waals surface area contributed by atoms with E-state index in [4.69, 9.17) is 0 Å². The molecule has 0 aliphatic carbocycles. The van der Waals surface area contributed by atoms with Crippen LogP contribution in [0.4, 0.5) is 23.2 Å². The standard InChI is InChI=1S/C14H8BrF4NO/c15-8-5-12(19)13(6-11(8)18)20-14(21)4-7-9(16)2-1-3-10(7)17/h1-3,5-6H,4H2,(H,20,21). The number of anilines is 1. The molecule has 0 spiro atoms. The summed E-state index contributed by atoms with van der Waals surface area (Å²) in [5, 5.41) is 2.07. The van der Waals surface area contributed by atoms with Gasteiger partial charge in [-0.15, -0.1) is 0 Å². The molecule has 0 radical (unpaired) electrons. The van der Waals surface area contributed by atoms with E-state index in [2.05, 4.69) is 21.2 Å². The minimum absolute atomic E-state index is 0.0989. The van der Waals surface area contributed by atoms with Crippen LogP contribution in [-0.4, -0.2) is 5.91 Å². The van der Waals surface area contributed by atoms with Crippen LogP contribution in [0.3, 0.4) is 0 Å². The maximum Gasteiger partial charge on any atom is 0.229 e. The van der Waals surface area contributed by atoms with Gasteiger partial charge in [-0.25, -0.2) is 17.6 Å². The maximum absolute atomic E-state index is 13.5. The third-order valence-electron chi connectivity index (χ3n) is 2.68. The Bertz CT molecular complexity index is 685. The van der Waals surface area contributed by atoms with Crippen LogP contribution in [0.15, 0.2) is 34.8 Å². The molecule has 2 aromatic carbocycles. The number of hydrogen-bond donors (Lipinski definition) is 1. The van der Waals surface area contributed by atoms with Gasteiger partial charge >= 0.3 is 0 Å². The summed E-state index contributed by atoms with van der Waals surface area (Å²) in [6.45, 7) is 0. The van der Waals surface area contributed by atoms with Gasteiger partial charge in [0, 0.05) is 11.6 Å². The maximum atomic E-state index is 13.5. The topological polar surface area (TPSA) is 29.1 Å². The number of amides is 1. The van der Waals surface area contributed by atoms with Gasteiger partial charge in [0.1, 0.15) is 23.3 Å². The van der Waals surface area contributed by atoms with Crippen molar-refractivity contribution in [2.45, 2.75) is 6.42 Å². The van der Waals surface area contributed by atoms with E-state index in [1.54, 1.807) is 0 Å². The van der Waals surface area contributed by atoms with Gasteiger partial charge in [0.05, 0.1) is 16.6 Å². The van der Waals surface area contributed by atoms with Crippen molar-refractivity contribution in [1.82, 2.24) is 0 Å². The van der Waals surface area contributed by atoms with Gasteiger partial charge in [0.2, 0.25) is 5.91 Å². The molecule has 0 unspecified atom stereocenters. The summed E-state index contributed by atoms with van der Waals surface area (Å²) in [5.41, 5.74) is -0.842. The minimum atomic E-state index is -0.882. The minimum Gasteiger partial charge on any atom is -0.323 e. The summed E-state index contributed by atoms with van der Waals surface area (Å²) in [6, 6.07) is 4.79. The normalized spacial score (nSPS) is 10.5. The number of rotatable bonds is 3. The average molecular weight is 362 g/mol. The van der Waals surface area contributed by atoms with Gasteiger partial charge in [-0.2, -0.15) is 0 Å². The van der Waals surface area contributed by atoms with Crippen LogP contribution in [0.5, 0.6) is 0 Å². The van der Waals surface area contributed by atoms with Gasteiger partial charge in [-0.1, -0.05) is 6.07 Å². The van der Waals surface area contributed by atoms with Crippen LogP contribution in [0.25, 0.3) is 0 Å². The van der Waals surface area contributed by atoms with Crippen molar-refractivity contribution in [2.24, 2.45) is 0 Å². The van der Waals surface area contributed by atoms with Crippen molar-refractivity contribution in [2.75, 3.05) is 5.32 Å². The molecular weight excluding hydrogens is 354 g/mol. The summed E-state index contributed by atoms with van der Waals surface area (Å²) in [6.07, 6.45) is -0.629. The molecular formula is C14H8BrF4NO. The van der Waals surface area contributed by atoms with E-state index in [1.807, 2.05) is 0 Å². The third kappa shape index (κ3) is 3.60. The molecule has 0 atom stereocenters. The highest BCUT2D eigenvalue weighted by atomic mass is 79.9. The molecule has 7 heteroatoms. The Kier molecular flexibility index (Phi) is 4.62. The molecule has 2 rings (SSSR count). The fourth-order valence-electron chi connectivity index (χ4n) is 1.67. The van der Waals surface area contributed by atoms with Crippen molar-refractivity contribution >= 4 is 27.5 Å². The molecule has 0 saturated carbocycles. The summed E-state index contributed by atoms with van der Waals surface area (Å²) >= 11 is 2.79. The van der Waals surface area contributed by atoms with E-state index >= 15 is 0 Å². The molecule has 21 heavy (non-hydrogen) atoms. The Hall–Kier alpha value is -1.89. The Morgan fingerprint density at radius 1 is 1.00 bits per heavy atom. The molecule has 0 heterocycles. The second kappa shape index (κ2) is 6.26. The average Bonchev–Trinajstić information content (AvgIpc) is 2.40. The highest BCUT2D eigenvalue weighted by Crippen LogP contribution is 2.23. The Balaban J connectivity index is 2.18. The SMILES string of the molecule is O=C(Cc1c(F)cccc1F)Nc1cc(F)c(Br)cc1F. The number of hydrogen-bond acceptors (Lipinski definition) is 1. The number of benzene rings is 2. The van der Waals surface area contributed by atoms with Crippen LogP contribution < -0.4 is 5.32 Å². The Labute approximate surface area is 125 Å². The van der Waals surface area contributed by atoms with E-state index in [1.165, 1.54) is 0 Å². The summed E-state index contributed by atoms with van der Waals surface area (Å²) in [5.74, 6) is -4.27. The quantitative estimate of drug-likeness (QED) is 0.644. The predicted molar refractivity (Wildman–Crippen MR) is 72.7 cm³/mol. The van der Waals surface area contributed by atoms with Gasteiger partial charge < -0.3 is 5.32 Å². The van der Waals surface area contributed by atoms with Crippen molar-refractivity contribution in [1.29, 1.82) is 0 Å². The van der Waals surface area contributed by atoms with Gasteiger partial charge in [-0.3, -0.25) is 4.79 Å². The molecule has 0 aromatic heterocycles. The lowest BCUT2D eigenvalue weighted by atomic mass is 10.1. The molecule has 1 amide bonds. The van der Waals surface area contributed by atoms with Crippen molar-refractivity contribution in [3.05, 3.63) is 63.6 Å². The summed E-state index contributed by atoms with van der Waals surface area (Å²) in [7, 11) is 0. The highest BCUT2D eigenvalue weighted by Gasteiger charge is 2.15. The van der Waals surface area contributed by atoms with Crippen molar-refractivity contribution in [3.63, 3.8) is 0 Å². The summed E-state index contributed by atoms with van der Waals surface area (Å²) < 4.78 is 53.5. The third-order valence-corrected chi connectivity index (χ3v) is 3.29. The zero-order valence-electron chi connectivity index (χ0n) is 10.4. The molecule has 2 aromatic rings. The first-order valence-corrected chi connectivity index (χ1v) is 6.55. The first kappa shape index (κ1) is 15.5. The van der Waals surface area contributed by atoms with Gasteiger partial charge in [0.25, 0.3) is 0 Å². The lowest BCUT2D eigenvalue weighted by Crippen LogP contribution is -2.17. The molecule has 1 N–H and O–H groups in total. The molecule has 0 aliphatic rings. The van der Waals surface area contributed by atoms with E-state index in [-0.39, 0.29) is 4.47 Å². The van der Waals surface area contributed by atoms with Crippen molar-refractivity contribution < 1.29 is 22.4 Å². The lowest BCUT2D eigenvalue weighted by Gasteiger charge is -2.08. The van der Waals surface area contributed by atoms with Crippen LogP contribution in [0.1, 0.15) is 5.56 Å². The number of carbonyl (C=O) groups is 1. The van der Waals surface area contributed by atoms with Gasteiger partial charge in [0.15, 0.2) is 0 Å². The van der Waals surface area contributed by atoms with Crippen LogP contribution in [0.2, 0.25) is 0 Å². The fraction of sp³-hybridized carbons (Fsp3) is 0.0714. The second-order valence-corrected chi connectivity index (χ2v) is 5.03. The monoisotopic (exact) mass is 361 g/mol. The molecule has 0 saturated heterocycles. The fourth-order valence-corrected chi connectivity index (χ4v) is 1.99. The molecule has 0 aliphatic heterocycles. The van der Waals surface area contributed by atoms with Crippen molar-refractivity contribution in [3.8, 4) is 0 Å². The predicted octanol–water partition coefficient (Wildman–Crippen LogP) is 4.19. The zero-order chi connectivity index (χ0) is 15.6. The summed E-state index contributed by atoms with van der Waals surface area (Å²) in [4.78, 5) is 11.7. The smallest absolute Gasteiger partial charge is 0.229 e.